The smallest absolute Gasteiger partial charge is 0.232 e. The van der Waals surface area contributed by atoms with Crippen LogP contribution < -0.4 is 0 Å². The lowest BCUT2D eigenvalue weighted by atomic mass is 10.0. The van der Waals surface area contributed by atoms with Crippen LogP contribution >= 0.6 is 11.6 Å². The second-order valence-corrected chi connectivity index (χ2v) is 8.06. The number of nitrogens with zero attached hydrogens (tertiary/aromatic N) is 3. The lowest BCUT2D eigenvalue weighted by Crippen LogP contribution is -2.24. The molecule has 29 heavy (non-hydrogen) atoms. The highest BCUT2D eigenvalue weighted by Gasteiger charge is 2.34. The summed E-state index contributed by atoms with van der Waals surface area (Å²) in [5, 5.41) is 3.96. The Hall–Kier alpha value is -2.73. The van der Waals surface area contributed by atoms with Gasteiger partial charge in [-0.1, -0.05) is 54.9 Å². The number of hydrogen-bond acceptors (Lipinski definition) is 4. The van der Waals surface area contributed by atoms with Crippen molar-refractivity contribution in [2.24, 2.45) is 0 Å². The van der Waals surface area contributed by atoms with Crippen LogP contribution in [0.5, 0.6) is 0 Å². The predicted octanol–water partition coefficient (Wildman–Crippen LogP) is 5.17. The third-order valence-corrected chi connectivity index (χ3v) is 5.49. The number of likely N-dealkylation sites (tertiary alicyclic amines) is 1. The first-order chi connectivity index (χ1) is 13.9. The van der Waals surface area contributed by atoms with Crippen molar-refractivity contribution in [2.75, 3.05) is 6.54 Å². The van der Waals surface area contributed by atoms with E-state index in [9.17, 15) is 9.18 Å². The zero-order chi connectivity index (χ0) is 20.5. The van der Waals surface area contributed by atoms with Crippen molar-refractivity contribution < 1.29 is 13.7 Å². The molecule has 5 nitrogen and oxygen atoms in total. The Morgan fingerprint density at radius 2 is 2.00 bits per heavy atom. The van der Waals surface area contributed by atoms with Gasteiger partial charge < -0.3 is 9.42 Å². The van der Waals surface area contributed by atoms with E-state index in [1.807, 2.05) is 4.90 Å². The molecule has 1 aromatic heterocycles. The molecule has 1 aliphatic heterocycles. The largest absolute Gasteiger partial charge is 0.339 e. The Labute approximate surface area is 173 Å². The van der Waals surface area contributed by atoms with Crippen LogP contribution in [0.15, 0.2) is 47.0 Å². The van der Waals surface area contributed by atoms with Crippen LogP contribution in [0, 0.1) is 5.82 Å². The third kappa shape index (κ3) is 4.17. The molecule has 0 saturated carbocycles. The van der Waals surface area contributed by atoms with E-state index < -0.39 is 5.82 Å². The van der Waals surface area contributed by atoms with Crippen molar-refractivity contribution >= 4 is 17.5 Å². The summed E-state index contributed by atoms with van der Waals surface area (Å²) in [6.07, 6.45) is 0.329. The Morgan fingerprint density at radius 3 is 2.69 bits per heavy atom. The molecule has 1 aliphatic rings. The van der Waals surface area contributed by atoms with Gasteiger partial charge in [0.25, 0.3) is 0 Å². The van der Waals surface area contributed by atoms with Crippen molar-refractivity contribution in [1.29, 1.82) is 0 Å². The molecule has 3 aromatic rings. The van der Waals surface area contributed by atoms with Gasteiger partial charge in [0.1, 0.15) is 5.82 Å². The fourth-order valence-corrected chi connectivity index (χ4v) is 3.65. The fraction of sp³-hybridized carbons (Fsp3) is 0.318. The van der Waals surface area contributed by atoms with Crippen LogP contribution in [0.2, 0.25) is 5.02 Å². The van der Waals surface area contributed by atoms with Crippen molar-refractivity contribution in [3.05, 3.63) is 70.3 Å². The Morgan fingerprint density at radius 1 is 1.24 bits per heavy atom. The van der Waals surface area contributed by atoms with Crippen LogP contribution in [0.25, 0.3) is 11.4 Å². The van der Waals surface area contributed by atoms with Gasteiger partial charge in [0, 0.05) is 25.1 Å². The van der Waals surface area contributed by atoms with Gasteiger partial charge in [0.15, 0.2) is 0 Å². The normalized spacial score (nSPS) is 16.8. The number of amides is 1. The van der Waals surface area contributed by atoms with Crippen molar-refractivity contribution in [3.8, 4) is 11.4 Å². The van der Waals surface area contributed by atoms with E-state index >= 15 is 0 Å². The molecule has 1 amide bonds. The van der Waals surface area contributed by atoms with E-state index in [1.165, 1.54) is 17.7 Å². The second-order valence-electron chi connectivity index (χ2n) is 7.66. The van der Waals surface area contributed by atoms with Gasteiger partial charge in [-0.15, -0.1) is 0 Å². The molecule has 0 radical (unpaired) electrons. The van der Waals surface area contributed by atoms with Crippen LogP contribution in [0.4, 0.5) is 4.39 Å². The van der Waals surface area contributed by atoms with Crippen molar-refractivity contribution in [3.63, 3.8) is 0 Å². The highest BCUT2D eigenvalue weighted by Crippen LogP contribution is 2.30. The lowest BCUT2D eigenvalue weighted by Gasteiger charge is -2.16. The lowest BCUT2D eigenvalue weighted by molar-refractivity contribution is -0.128. The monoisotopic (exact) mass is 413 g/mol. The molecule has 0 spiro atoms. The van der Waals surface area contributed by atoms with Crippen LogP contribution in [-0.2, 0) is 11.3 Å². The summed E-state index contributed by atoms with van der Waals surface area (Å²) in [6.45, 7) is 5.39. The minimum atomic E-state index is -0.502. The highest BCUT2D eigenvalue weighted by atomic mass is 35.5. The van der Waals surface area contributed by atoms with Gasteiger partial charge in [-0.25, -0.2) is 4.39 Å². The minimum Gasteiger partial charge on any atom is -0.339 e. The molecule has 150 valence electrons. The Balaban J connectivity index is 1.45. The van der Waals surface area contributed by atoms with Gasteiger partial charge in [0.2, 0.25) is 17.6 Å². The first-order valence-electron chi connectivity index (χ1n) is 9.56. The van der Waals surface area contributed by atoms with E-state index in [4.69, 9.17) is 16.1 Å². The number of rotatable bonds is 5. The average molecular weight is 414 g/mol. The van der Waals surface area contributed by atoms with E-state index in [-0.39, 0.29) is 16.8 Å². The van der Waals surface area contributed by atoms with Crippen LogP contribution in [0.1, 0.15) is 49.1 Å². The van der Waals surface area contributed by atoms with E-state index in [0.29, 0.717) is 42.7 Å². The number of halogens is 2. The summed E-state index contributed by atoms with van der Waals surface area (Å²) in [5.74, 6) is 0.618. The summed E-state index contributed by atoms with van der Waals surface area (Å²) in [5.41, 5.74) is 2.94. The van der Waals surface area contributed by atoms with Gasteiger partial charge in [0.05, 0.1) is 10.9 Å². The zero-order valence-corrected chi connectivity index (χ0v) is 17.0. The SMILES string of the molecule is CC(C)c1ccc(CN2CC(c3nc(-c4ccc(F)c(Cl)c4)no3)CC2=O)cc1. The molecule has 1 saturated heterocycles. The van der Waals surface area contributed by atoms with Crippen LogP contribution in [0.3, 0.4) is 0 Å². The van der Waals surface area contributed by atoms with Crippen molar-refractivity contribution in [2.45, 2.75) is 38.6 Å². The molecule has 0 aliphatic carbocycles. The van der Waals surface area contributed by atoms with E-state index in [0.717, 1.165) is 5.56 Å². The molecule has 2 aromatic carbocycles. The highest BCUT2D eigenvalue weighted by molar-refractivity contribution is 6.31. The maximum absolute atomic E-state index is 13.4. The molecular formula is C22H21ClFN3O2. The molecule has 1 atom stereocenters. The molecule has 2 heterocycles. The van der Waals surface area contributed by atoms with Gasteiger partial charge >= 0.3 is 0 Å². The number of carbonyl (C=O) groups excluding carboxylic acids is 1. The Bertz CT molecular complexity index is 1030. The standard InChI is InChI=1S/C22H21ClFN3O2/c1-13(2)15-5-3-14(4-6-15)11-27-12-17(10-20(27)28)22-25-21(26-29-22)16-7-8-19(24)18(23)9-16/h3-9,13,17H,10-12H2,1-2H3. The number of benzene rings is 2. The fourth-order valence-electron chi connectivity index (χ4n) is 3.47. The first kappa shape index (κ1) is 19.6. The summed E-state index contributed by atoms with van der Waals surface area (Å²) in [6, 6.07) is 12.6. The van der Waals surface area contributed by atoms with E-state index in [2.05, 4.69) is 48.3 Å². The summed E-state index contributed by atoms with van der Waals surface area (Å²) in [7, 11) is 0. The van der Waals surface area contributed by atoms with Crippen molar-refractivity contribution in [1.82, 2.24) is 15.0 Å². The average Bonchev–Trinajstić information content (AvgIpc) is 3.32. The zero-order valence-electron chi connectivity index (χ0n) is 16.2. The first-order valence-corrected chi connectivity index (χ1v) is 9.94. The number of carbonyl (C=O) groups is 1. The van der Waals surface area contributed by atoms with Gasteiger partial charge in [-0.3, -0.25) is 4.79 Å². The molecule has 0 N–H and O–H groups in total. The predicted molar refractivity (Wildman–Crippen MR) is 108 cm³/mol. The topological polar surface area (TPSA) is 59.2 Å². The maximum Gasteiger partial charge on any atom is 0.232 e. The Kier molecular flexibility index (Phi) is 5.37. The molecular weight excluding hydrogens is 393 g/mol. The van der Waals surface area contributed by atoms with Gasteiger partial charge in [-0.05, 0) is 35.2 Å². The summed E-state index contributed by atoms with van der Waals surface area (Å²) >= 11 is 5.83. The summed E-state index contributed by atoms with van der Waals surface area (Å²) in [4.78, 5) is 18.7. The van der Waals surface area contributed by atoms with Gasteiger partial charge in [-0.2, -0.15) is 4.98 Å². The number of aromatic nitrogens is 2. The third-order valence-electron chi connectivity index (χ3n) is 5.20. The minimum absolute atomic E-state index is 0.000412. The number of hydrogen-bond donors (Lipinski definition) is 0. The summed E-state index contributed by atoms with van der Waals surface area (Å²) < 4.78 is 18.7. The molecule has 0 bridgehead atoms. The second kappa shape index (κ2) is 7.95. The molecule has 1 unspecified atom stereocenters. The molecule has 4 rings (SSSR count). The molecule has 7 heteroatoms. The maximum atomic E-state index is 13.4. The van der Waals surface area contributed by atoms with Crippen LogP contribution in [-0.4, -0.2) is 27.5 Å². The molecule has 1 fully saturated rings. The quantitative estimate of drug-likeness (QED) is 0.579. The van der Waals surface area contributed by atoms with E-state index in [1.54, 1.807) is 6.07 Å².